The van der Waals surface area contributed by atoms with E-state index in [4.69, 9.17) is 4.74 Å². The molecule has 1 aliphatic rings. The van der Waals surface area contributed by atoms with E-state index >= 15 is 0 Å². The molecule has 0 amide bonds. The molecule has 2 unspecified atom stereocenters. The van der Waals surface area contributed by atoms with Crippen LogP contribution in [0, 0.1) is 5.92 Å². The lowest BCUT2D eigenvalue weighted by molar-refractivity contribution is 0.0511. The normalized spacial score (nSPS) is 33.2. The van der Waals surface area contributed by atoms with E-state index in [2.05, 4.69) is 13.2 Å². The average Bonchev–Trinajstić information content (AvgIpc) is 2.17. The highest BCUT2D eigenvalue weighted by Gasteiger charge is 2.25. The van der Waals surface area contributed by atoms with Crippen molar-refractivity contribution in [1.82, 2.24) is 0 Å². The lowest BCUT2D eigenvalue weighted by Crippen LogP contribution is -2.26. The van der Waals surface area contributed by atoms with Crippen LogP contribution in [0.25, 0.3) is 0 Å². The average molecular weight is 188 g/mol. The fourth-order valence-electron chi connectivity index (χ4n) is 2.01. The highest BCUT2D eigenvalue weighted by atomic mass is 32.2. The van der Waals surface area contributed by atoms with Crippen molar-refractivity contribution in [1.29, 1.82) is 0 Å². The topological polar surface area (TPSA) is 9.23 Å². The van der Waals surface area contributed by atoms with Gasteiger partial charge < -0.3 is 4.74 Å². The third-order valence-corrected chi connectivity index (χ3v) is 4.16. The molecule has 0 bridgehead atoms. The zero-order chi connectivity index (χ0) is 8.97. The molecule has 0 N–H and O–H groups in total. The molecule has 1 nitrogen and oxygen atoms in total. The van der Waals surface area contributed by atoms with Crippen LogP contribution in [0.2, 0.25) is 0 Å². The molecule has 0 aliphatic heterocycles. The van der Waals surface area contributed by atoms with Crippen LogP contribution in [0.4, 0.5) is 0 Å². The van der Waals surface area contributed by atoms with Gasteiger partial charge in [-0.1, -0.05) is 13.3 Å². The fraction of sp³-hybridized carbons (Fsp3) is 1.00. The van der Waals surface area contributed by atoms with Crippen molar-refractivity contribution in [3.05, 3.63) is 0 Å². The zero-order valence-electron chi connectivity index (χ0n) is 8.38. The molecule has 0 aromatic rings. The summed E-state index contributed by atoms with van der Waals surface area (Å²) in [7, 11) is 1.84. The van der Waals surface area contributed by atoms with Crippen molar-refractivity contribution in [2.24, 2.45) is 5.92 Å². The Morgan fingerprint density at radius 3 is 2.75 bits per heavy atom. The number of rotatable bonds is 3. The van der Waals surface area contributed by atoms with Gasteiger partial charge in [0.25, 0.3) is 0 Å². The highest BCUT2D eigenvalue weighted by molar-refractivity contribution is 7.99. The number of methoxy groups -OCH3 is 1. The van der Waals surface area contributed by atoms with Crippen LogP contribution >= 0.6 is 11.8 Å². The summed E-state index contributed by atoms with van der Waals surface area (Å²) in [6, 6.07) is 0. The van der Waals surface area contributed by atoms with Gasteiger partial charge in [-0.05, 0) is 31.4 Å². The molecule has 1 rings (SSSR count). The maximum absolute atomic E-state index is 5.41. The van der Waals surface area contributed by atoms with Gasteiger partial charge in [0, 0.05) is 12.4 Å². The Morgan fingerprint density at radius 1 is 1.42 bits per heavy atom. The van der Waals surface area contributed by atoms with Gasteiger partial charge in [-0.25, -0.2) is 0 Å². The Hall–Kier alpha value is 0.310. The first-order valence-electron chi connectivity index (χ1n) is 4.83. The van der Waals surface area contributed by atoms with Crippen molar-refractivity contribution in [3.63, 3.8) is 0 Å². The Labute approximate surface area is 80.3 Å². The second-order valence-electron chi connectivity index (χ2n) is 3.73. The van der Waals surface area contributed by atoms with Crippen LogP contribution in [0.3, 0.4) is 0 Å². The first-order valence-corrected chi connectivity index (χ1v) is 6.12. The summed E-state index contributed by atoms with van der Waals surface area (Å²) in [6.07, 6.45) is 8.06. The minimum absolute atomic E-state index is 0.540. The van der Waals surface area contributed by atoms with Crippen molar-refractivity contribution < 1.29 is 4.74 Å². The van der Waals surface area contributed by atoms with Crippen LogP contribution in [-0.4, -0.2) is 24.7 Å². The second-order valence-corrected chi connectivity index (χ2v) is 4.94. The molecule has 1 saturated carbocycles. The molecule has 0 aromatic carbocycles. The van der Waals surface area contributed by atoms with E-state index in [9.17, 15) is 0 Å². The number of ether oxygens (including phenoxy) is 1. The first-order chi connectivity index (χ1) is 5.77. The van der Waals surface area contributed by atoms with E-state index in [1.807, 2.05) is 18.9 Å². The largest absolute Gasteiger partial charge is 0.381 e. The molecular weight excluding hydrogens is 168 g/mol. The molecule has 0 heterocycles. The summed E-state index contributed by atoms with van der Waals surface area (Å²) in [5.41, 5.74) is 0. The van der Waals surface area contributed by atoms with Crippen LogP contribution in [0.15, 0.2) is 0 Å². The Kier molecular flexibility index (Phi) is 4.44. The highest BCUT2D eigenvalue weighted by Crippen LogP contribution is 2.32. The lowest BCUT2D eigenvalue weighted by Gasteiger charge is -2.31. The minimum atomic E-state index is 0.540. The summed E-state index contributed by atoms with van der Waals surface area (Å²) >= 11 is 1.99. The van der Waals surface area contributed by atoms with E-state index in [1.54, 1.807) is 0 Å². The number of thioether (sulfide) groups is 1. The molecular formula is C10H20OS. The summed E-state index contributed by atoms with van der Waals surface area (Å²) < 4.78 is 5.41. The van der Waals surface area contributed by atoms with Gasteiger partial charge in [-0.3, -0.25) is 0 Å². The third-order valence-electron chi connectivity index (χ3n) is 3.04. The summed E-state index contributed by atoms with van der Waals surface area (Å²) in [5, 5.41) is 0.808. The summed E-state index contributed by atoms with van der Waals surface area (Å²) in [4.78, 5) is 0. The predicted molar refractivity (Wildman–Crippen MR) is 55.7 cm³/mol. The van der Waals surface area contributed by atoms with Gasteiger partial charge in [-0.2, -0.15) is 11.8 Å². The molecule has 2 heteroatoms. The van der Waals surface area contributed by atoms with Crippen LogP contribution in [0.5, 0.6) is 0 Å². The quantitative estimate of drug-likeness (QED) is 0.673. The monoisotopic (exact) mass is 188 g/mol. The van der Waals surface area contributed by atoms with Crippen LogP contribution in [0.1, 0.15) is 32.6 Å². The molecule has 72 valence electrons. The van der Waals surface area contributed by atoms with E-state index in [0.29, 0.717) is 6.10 Å². The second kappa shape index (κ2) is 5.13. The Balaban J connectivity index is 2.34. The Morgan fingerprint density at radius 2 is 2.17 bits per heavy atom. The summed E-state index contributed by atoms with van der Waals surface area (Å²) in [6.45, 7) is 2.34. The van der Waals surface area contributed by atoms with Gasteiger partial charge >= 0.3 is 0 Å². The lowest BCUT2D eigenvalue weighted by atomic mass is 9.85. The SMILES string of the molecule is COC1CCC[C@H](C(C)SC)C1. The van der Waals surface area contributed by atoms with E-state index in [1.165, 1.54) is 25.7 Å². The molecule has 1 fully saturated rings. The van der Waals surface area contributed by atoms with E-state index < -0.39 is 0 Å². The fourth-order valence-corrected chi connectivity index (χ4v) is 2.65. The third kappa shape index (κ3) is 2.67. The number of hydrogen-bond acceptors (Lipinski definition) is 2. The first kappa shape index (κ1) is 10.4. The van der Waals surface area contributed by atoms with Crippen molar-refractivity contribution in [2.75, 3.05) is 13.4 Å². The molecule has 0 radical (unpaired) electrons. The van der Waals surface area contributed by atoms with E-state index in [-0.39, 0.29) is 0 Å². The van der Waals surface area contributed by atoms with Gasteiger partial charge in [0.2, 0.25) is 0 Å². The minimum Gasteiger partial charge on any atom is -0.381 e. The van der Waals surface area contributed by atoms with Gasteiger partial charge in [0.1, 0.15) is 0 Å². The van der Waals surface area contributed by atoms with Crippen molar-refractivity contribution in [2.45, 2.75) is 44.0 Å². The Bertz CT molecular complexity index is 125. The van der Waals surface area contributed by atoms with Crippen molar-refractivity contribution in [3.8, 4) is 0 Å². The van der Waals surface area contributed by atoms with Crippen LogP contribution in [-0.2, 0) is 4.74 Å². The van der Waals surface area contributed by atoms with Gasteiger partial charge in [-0.15, -0.1) is 0 Å². The molecule has 0 aromatic heterocycles. The smallest absolute Gasteiger partial charge is 0.0574 e. The molecule has 0 saturated heterocycles. The maximum Gasteiger partial charge on any atom is 0.0574 e. The standard InChI is InChI=1S/C10H20OS/c1-8(12-3)9-5-4-6-10(7-9)11-2/h8-10H,4-7H2,1-3H3/t8?,9-,10?/m0/s1. The number of hydrogen-bond donors (Lipinski definition) is 0. The van der Waals surface area contributed by atoms with Gasteiger partial charge in [0.05, 0.1) is 6.10 Å². The van der Waals surface area contributed by atoms with Crippen molar-refractivity contribution >= 4 is 11.8 Å². The molecule has 1 aliphatic carbocycles. The molecule has 0 spiro atoms. The maximum atomic E-state index is 5.41. The predicted octanol–water partition coefficient (Wildman–Crippen LogP) is 2.94. The van der Waals surface area contributed by atoms with E-state index in [0.717, 1.165) is 11.2 Å². The summed E-state index contributed by atoms with van der Waals surface area (Å²) in [5.74, 6) is 0.888. The zero-order valence-corrected chi connectivity index (χ0v) is 9.19. The van der Waals surface area contributed by atoms with Gasteiger partial charge in [0.15, 0.2) is 0 Å². The molecule has 12 heavy (non-hydrogen) atoms. The van der Waals surface area contributed by atoms with Crippen LogP contribution < -0.4 is 0 Å². The molecule has 3 atom stereocenters.